The van der Waals surface area contributed by atoms with Gasteiger partial charge in [0, 0.05) is 18.8 Å². The van der Waals surface area contributed by atoms with Crippen LogP contribution in [0.3, 0.4) is 0 Å². The molecule has 5 rings (SSSR count). The molecule has 6 heteroatoms. The number of ketones is 2. The molecule has 4 aliphatic carbocycles. The average molecular weight is 402 g/mol. The standard InChI is InChI=1S/C23H31NO5/c1-12-24-23(18(28)11-25)19(29-12)9-16-15-5-4-13-8-14(26)6-7-21(13,2)20(15)17(27)10-22(16,23)3/h8,15-17,19-20,25,27H,4-7,9-11H2,1-3H3/t15-,16-,17-,19+,20+,21-,22-,23-/m0/s1. The molecule has 0 radical (unpaired) electrons. The number of carbonyl (C=O) groups excluding carboxylic acids is 2. The Hall–Kier alpha value is -1.53. The zero-order valence-corrected chi connectivity index (χ0v) is 17.5. The molecule has 2 N–H and O–H groups in total. The number of nitrogens with zero attached hydrogens (tertiary/aromatic N) is 1. The largest absolute Gasteiger partial charge is 0.475 e. The normalized spacial score (nSPS) is 50.5. The Morgan fingerprint density at radius 2 is 2.10 bits per heavy atom. The molecule has 0 amide bonds. The summed E-state index contributed by atoms with van der Waals surface area (Å²) >= 11 is 0. The lowest BCUT2D eigenvalue weighted by atomic mass is 9.45. The zero-order valence-electron chi connectivity index (χ0n) is 17.5. The Kier molecular flexibility index (Phi) is 4.03. The van der Waals surface area contributed by atoms with Crippen molar-refractivity contribution in [2.45, 2.75) is 77.0 Å². The fraction of sp³-hybridized carbons (Fsp3) is 0.783. The number of ether oxygens (including phenoxy) is 1. The van der Waals surface area contributed by atoms with E-state index in [9.17, 15) is 19.8 Å². The Labute approximate surface area is 171 Å². The quantitative estimate of drug-likeness (QED) is 0.740. The van der Waals surface area contributed by atoms with Crippen LogP contribution >= 0.6 is 0 Å². The highest BCUT2D eigenvalue weighted by atomic mass is 16.5. The van der Waals surface area contributed by atoms with Crippen molar-refractivity contribution in [2.75, 3.05) is 6.61 Å². The summed E-state index contributed by atoms with van der Waals surface area (Å²) in [5.74, 6) is 0.947. The van der Waals surface area contributed by atoms with Gasteiger partial charge in [-0.1, -0.05) is 19.4 Å². The number of carbonyl (C=O) groups is 2. The Morgan fingerprint density at radius 3 is 2.83 bits per heavy atom. The number of aliphatic hydroxyl groups excluding tert-OH is 2. The van der Waals surface area contributed by atoms with Crippen LogP contribution in [-0.2, 0) is 14.3 Å². The Morgan fingerprint density at radius 1 is 1.34 bits per heavy atom. The van der Waals surface area contributed by atoms with Gasteiger partial charge in [-0.2, -0.15) is 0 Å². The third-order valence-electron chi connectivity index (χ3n) is 9.31. The van der Waals surface area contributed by atoms with Gasteiger partial charge in [-0.25, -0.2) is 4.99 Å². The average Bonchev–Trinajstić information content (AvgIpc) is 3.12. The number of aliphatic imine (C=N–C) groups is 1. The van der Waals surface area contributed by atoms with Gasteiger partial charge in [-0.3, -0.25) is 9.59 Å². The first-order valence-electron chi connectivity index (χ1n) is 11.0. The number of hydrogen-bond donors (Lipinski definition) is 2. The molecule has 3 fully saturated rings. The van der Waals surface area contributed by atoms with E-state index in [1.54, 1.807) is 6.92 Å². The molecule has 0 aromatic carbocycles. The monoisotopic (exact) mass is 401 g/mol. The molecule has 158 valence electrons. The van der Waals surface area contributed by atoms with Crippen molar-refractivity contribution in [1.29, 1.82) is 0 Å². The first-order chi connectivity index (χ1) is 13.7. The fourth-order valence-electron chi connectivity index (χ4n) is 8.17. The summed E-state index contributed by atoms with van der Waals surface area (Å²) in [6.07, 6.45) is 5.21. The third kappa shape index (κ3) is 2.22. The van der Waals surface area contributed by atoms with Gasteiger partial charge in [0.1, 0.15) is 12.7 Å². The first kappa shape index (κ1) is 19.4. The lowest BCUT2D eigenvalue weighted by molar-refractivity contribution is -0.150. The molecular formula is C23H31NO5. The van der Waals surface area contributed by atoms with Crippen LogP contribution in [0.1, 0.15) is 59.3 Å². The summed E-state index contributed by atoms with van der Waals surface area (Å²) in [4.78, 5) is 29.8. The SMILES string of the molecule is CC1=N[C@@]2(C(=O)CO)[C@@H](C[C@H]3[C@@H]4CCC5=CC(=O)CC[C@]5(C)[C@H]4[C@@H](O)C[C@@]32C)O1. The van der Waals surface area contributed by atoms with E-state index in [0.29, 0.717) is 18.7 Å². The van der Waals surface area contributed by atoms with E-state index in [1.807, 2.05) is 6.08 Å². The van der Waals surface area contributed by atoms with Gasteiger partial charge in [-0.05, 0) is 61.3 Å². The molecule has 0 bridgehead atoms. The van der Waals surface area contributed by atoms with Gasteiger partial charge in [0.15, 0.2) is 23.0 Å². The molecule has 0 unspecified atom stereocenters. The predicted molar refractivity (Wildman–Crippen MR) is 106 cm³/mol. The van der Waals surface area contributed by atoms with Crippen molar-refractivity contribution in [1.82, 2.24) is 0 Å². The summed E-state index contributed by atoms with van der Waals surface area (Å²) in [5, 5.41) is 21.2. The minimum atomic E-state index is -1.10. The second-order valence-corrected chi connectivity index (χ2v) is 10.4. The van der Waals surface area contributed by atoms with E-state index >= 15 is 0 Å². The van der Waals surface area contributed by atoms with Gasteiger partial charge in [0.05, 0.1) is 6.10 Å². The van der Waals surface area contributed by atoms with E-state index in [4.69, 9.17) is 9.73 Å². The zero-order chi connectivity index (χ0) is 20.8. The van der Waals surface area contributed by atoms with Crippen LogP contribution in [-0.4, -0.2) is 52.0 Å². The molecule has 0 aromatic rings. The van der Waals surface area contributed by atoms with E-state index in [1.165, 1.54) is 5.57 Å². The van der Waals surface area contributed by atoms with Gasteiger partial charge in [-0.15, -0.1) is 0 Å². The van der Waals surface area contributed by atoms with Crippen LogP contribution in [0.25, 0.3) is 0 Å². The molecule has 1 aliphatic heterocycles. The number of hydrogen-bond acceptors (Lipinski definition) is 6. The number of allylic oxidation sites excluding steroid dienone is 1. The Bertz CT molecular complexity index is 848. The highest BCUT2D eigenvalue weighted by Crippen LogP contribution is 2.69. The smallest absolute Gasteiger partial charge is 0.190 e. The fourth-order valence-corrected chi connectivity index (χ4v) is 8.17. The van der Waals surface area contributed by atoms with E-state index < -0.39 is 23.7 Å². The molecule has 3 saturated carbocycles. The van der Waals surface area contributed by atoms with Crippen molar-refractivity contribution in [2.24, 2.45) is 33.6 Å². The maximum atomic E-state index is 13.1. The van der Waals surface area contributed by atoms with Crippen LogP contribution in [0.4, 0.5) is 0 Å². The maximum Gasteiger partial charge on any atom is 0.190 e. The van der Waals surface area contributed by atoms with Crippen LogP contribution in [0.15, 0.2) is 16.6 Å². The molecule has 8 atom stereocenters. The molecular weight excluding hydrogens is 370 g/mol. The van der Waals surface area contributed by atoms with E-state index in [0.717, 1.165) is 25.7 Å². The molecule has 0 saturated heterocycles. The van der Waals surface area contributed by atoms with Crippen LogP contribution < -0.4 is 0 Å². The number of Topliss-reactive ketones (excluding diaryl/α,β-unsaturated/α-hetero) is 1. The first-order valence-corrected chi connectivity index (χ1v) is 11.0. The van der Waals surface area contributed by atoms with E-state index in [-0.39, 0.29) is 40.8 Å². The van der Waals surface area contributed by atoms with Gasteiger partial charge in [0.25, 0.3) is 0 Å². The minimum absolute atomic E-state index is 0.0823. The molecule has 6 nitrogen and oxygen atoms in total. The number of fused-ring (bicyclic) bond motifs is 7. The van der Waals surface area contributed by atoms with Gasteiger partial charge >= 0.3 is 0 Å². The van der Waals surface area contributed by atoms with Crippen LogP contribution in [0.2, 0.25) is 0 Å². The lowest BCUT2D eigenvalue weighted by Gasteiger charge is -2.60. The van der Waals surface area contributed by atoms with Crippen molar-refractivity contribution in [3.8, 4) is 0 Å². The van der Waals surface area contributed by atoms with Crippen molar-refractivity contribution < 1.29 is 24.5 Å². The van der Waals surface area contributed by atoms with Gasteiger partial charge in [0.2, 0.25) is 0 Å². The highest BCUT2D eigenvalue weighted by Gasteiger charge is 2.74. The summed E-state index contributed by atoms with van der Waals surface area (Å²) < 4.78 is 6.01. The molecule has 29 heavy (non-hydrogen) atoms. The topological polar surface area (TPSA) is 96.2 Å². The van der Waals surface area contributed by atoms with E-state index in [2.05, 4.69) is 13.8 Å². The van der Waals surface area contributed by atoms with Crippen LogP contribution in [0, 0.1) is 28.6 Å². The second kappa shape index (κ2) is 6.01. The van der Waals surface area contributed by atoms with Crippen LogP contribution in [0.5, 0.6) is 0 Å². The summed E-state index contributed by atoms with van der Waals surface area (Å²) in [7, 11) is 0. The molecule has 1 heterocycles. The second-order valence-electron chi connectivity index (χ2n) is 10.4. The maximum absolute atomic E-state index is 13.1. The summed E-state index contributed by atoms with van der Waals surface area (Å²) in [5.41, 5.74) is -0.606. The van der Waals surface area contributed by atoms with Crippen molar-refractivity contribution in [3.05, 3.63) is 11.6 Å². The molecule has 5 aliphatic rings. The van der Waals surface area contributed by atoms with Gasteiger partial charge < -0.3 is 14.9 Å². The van der Waals surface area contributed by atoms with Crippen molar-refractivity contribution in [3.63, 3.8) is 0 Å². The minimum Gasteiger partial charge on any atom is -0.475 e. The molecule has 0 aromatic heterocycles. The highest BCUT2D eigenvalue weighted by molar-refractivity contribution is 5.96. The summed E-state index contributed by atoms with van der Waals surface area (Å²) in [6.45, 7) is 5.50. The molecule has 0 spiro atoms. The number of rotatable bonds is 2. The number of aliphatic hydroxyl groups is 2. The van der Waals surface area contributed by atoms with Crippen molar-refractivity contribution >= 4 is 17.5 Å². The Balaban J connectivity index is 1.60. The third-order valence-corrected chi connectivity index (χ3v) is 9.31. The lowest BCUT2D eigenvalue weighted by Crippen LogP contribution is -2.62. The predicted octanol–water partition coefficient (Wildman–Crippen LogP) is 2.22. The summed E-state index contributed by atoms with van der Waals surface area (Å²) in [6, 6.07) is 0.